The lowest BCUT2D eigenvalue weighted by Crippen LogP contribution is -2.52. The molecule has 0 spiro atoms. The van der Waals surface area contributed by atoms with Gasteiger partial charge in [-0.3, -0.25) is 9.10 Å². The quantitative estimate of drug-likeness (QED) is 0.597. The molecule has 31 heavy (non-hydrogen) atoms. The molecule has 0 bridgehead atoms. The molecule has 6 nitrogen and oxygen atoms in total. The average molecular weight is 507 g/mol. The molecule has 1 saturated heterocycles. The number of hydrogen-bond donors (Lipinski definition) is 0. The van der Waals surface area contributed by atoms with Crippen molar-refractivity contribution in [2.45, 2.75) is 15.1 Å². The number of hydrogen-bond acceptors (Lipinski definition) is 4. The monoisotopic (exact) mass is 505 g/mol. The maximum Gasteiger partial charge on any atom is 0.274 e. The number of halogens is 4. The Kier molecular flexibility index (Phi) is 6.02. The lowest BCUT2D eigenvalue weighted by Gasteiger charge is -2.38. The second-order valence-electron chi connectivity index (χ2n) is 7.34. The van der Waals surface area contributed by atoms with Gasteiger partial charge >= 0.3 is 0 Å². The minimum absolute atomic E-state index is 0.0791. The minimum Gasteiger partial charge on any atom is -0.368 e. The number of carbonyl (C=O) groups is 1. The van der Waals surface area contributed by atoms with E-state index < -0.39 is 25.5 Å². The van der Waals surface area contributed by atoms with Crippen molar-refractivity contribution in [2.24, 2.45) is 0 Å². The van der Waals surface area contributed by atoms with E-state index in [1.807, 2.05) is 6.07 Å². The van der Waals surface area contributed by atoms with Gasteiger partial charge in [-0.05, 0) is 36.8 Å². The summed E-state index contributed by atoms with van der Waals surface area (Å²) >= 11 is 17.1. The number of carbonyl (C=O) groups excluding carboxylic acids is 1. The van der Waals surface area contributed by atoms with Gasteiger partial charge in [0.15, 0.2) is 0 Å². The second-order valence-corrected chi connectivity index (χ2v) is 11.5. The van der Waals surface area contributed by atoms with Gasteiger partial charge in [0.1, 0.15) is 5.82 Å². The smallest absolute Gasteiger partial charge is 0.274 e. The molecule has 11 heteroatoms. The highest BCUT2D eigenvalue weighted by atomic mass is 35.6. The van der Waals surface area contributed by atoms with Gasteiger partial charge in [-0.1, -0.05) is 46.9 Å². The van der Waals surface area contributed by atoms with E-state index in [1.165, 1.54) is 27.4 Å². The highest BCUT2D eigenvalue weighted by Gasteiger charge is 2.37. The minimum atomic E-state index is -3.88. The summed E-state index contributed by atoms with van der Waals surface area (Å²) in [4.78, 5) is 15.7. The fourth-order valence-corrected chi connectivity index (χ4v) is 5.90. The Balaban J connectivity index is 1.57. The molecule has 0 atom stereocenters. The van der Waals surface area contributed by atoms with Crippen LogP contribution in [0.5, 0.6) is 0 Å². The number of sulfonamides is 1. The molecule has 166 valence electrons. The molecule has 0 unspecified atom stereocenters. The summed E-state index contributed by atoms with van der Waals surface area (Å²) in [6.07, 6.45) is 0.535. The molecular formula is C20H19Cl3FN3O3S. The number of fused-ring (bicyclic) bond motifs is 1. The molecule has 2 heterocycles. The lowest BCUT2D eigenvalue weighted by molar-refractivity contribution is -0.130. The Morgan fingerprint density at radius 2 is 1.58 bits per heavy atom. The average Bonchev–Trinajstić information content (AvgIpc) is 3.18. The molecule has 2 aliphatic rings. The fraction of sp³-hybridized carbons (Fsp3) is 0.350. The number of alkyl halides is 3. The zero-order chi connectivity index (χ0) is 22.4. The molecule has 0 N–H and O–H groups in total. The van der Waals surface area contributed by atoms with Crippen LogP contribution in [0.15, 0.2) is 47.4 Å². The first-order valence-corrected chi connectivity index (χ1v) is 12.2. The van der Waals surface area contributed by atoms with E-state index in [0.29, 0.717) is 38.3 Å². The van der Waals surface area contributed by atoms with Gasteiger partial charge in [-0.2, -0.15) is 0 Å². The zero-order valence-electron chi connectivity index (χ0n) is 16.3. The lowest BCUT2D eigenvalue weighted by atomic mass is 10.1. The topological polar surface area (TPSA) is 60.9 Å². The van der Waals surface area contributed by atoms with Crippen molar-refractivity contribution in [1.29, 1.82) is 0 Å². The zero-order valence-corrected chi connectivity index (χ0v) is 19.4. The van der Waals surface area contributed by atoms with Crippen molar-refractivity contribution >= 4 is 62.1 Å². The predicted octanol–water partition coefficient (Wildman–Crippen LogP) is 3.60. The summed E-state index contributed by atoms with van der Waals surface area (Å²) in [5.74, 6) is -1.15. The summed E-state index contributed by atoms with van der Waals surface area (Å²) in [5, 5.41) is 0. The normalized spacial score (nSPS) is 17.1. The molecule has 2 aromatic carbocycles. The summed E-state index contributed by atoms with van der Waals surface area (Å²) in [6, 6.07) is 10.5. The third-order valence-corrected chi connectivity index (χ3v) is 7.79. The summed E-state index contributed by atoms with van der Waals surface area (Å²) in [5.41, 5.74) is 2.40. The number of benzene rings is 2. The predicted molar refractivity (Wildman–Crippen MR) is 120 cm³/mol. The van der Waals surface area contributed by atoms with Gasteiger partial charge < -0.3 is 9.80 Å². The van der Waals surface area contributed by atoms with Crippen molar-refractivity contribution in [3.63, 3.8) is 0 Å². The molecule has 2 aromatic rings. The number of anilines is 2. The third-order valence-electron chi connectivity index (χ3n) is 5.49. The molecule has 4 rings (SSSR count). The van der Waals surface area contributed by atoms with Crippen LogP contribution in [0.4, 0.5) is 15.8 Å². The van der Waals surface area contributed by atoms with Crippen LogP contribution in [-0.2, 0) is 21.2 Å². The summed E-state index contributed by atoms with van der Waals surface area (Å²) < 4.78 is 39.2. The van der Waals surface area contributed by atoms with Gasteiger partial charge in [0, 0.05) is 44.0 Å². The van der Waals surface area contributed by atoms with Gasteiger partial charge in [-0.15, -0.1) is 0 Å². The van der Waals surface area contributed by atoms with E-state index in [9.17, 15) is 17.6 Å². The summed E-state index contributed by atoms with van der Waals surface area (Å²) in [6.45, 7) is 2.11. The van der Waals surface area contributed by atoms with Crippen LogP contribution in [0.2, 0.25) is 0 Å². The standard InChI is InChI=1S/C20H19Cl3FN3O3S/c21-20(22,23)19(28)26-11-9-25(10-12-26)17-5-2-6-18-16(17)7-8-27(18)31(29,30)15-4-1-3-14(24)13-15/h1-6,13H,7-12H2. The second kappa shape index (κ2) is 8.31. The van der Waals surface area contributed by atoms with Crippen LogP contribution in [0.1, 0.15) is 5.56 Å². The molecule has 1 fully saturated rings. The molecule has 0 aromatic heterocycles. The van der Waals surface area contributed by atoms with Crippen LogP contribution in [-0.4, -0.2) is 55.7 Å². The largest absolute Gasteiger partial charge is 0.368 e. The van der Waals surface area contributed by atoms with E-state index >= 15 is 0 Å². The molecular weight excluding hydrogens is 488 g/mol. The third kappa shape index (κ3) is 4.31. The van der Waals surface area contributed by atoms with Crippen LogP contribution < -0.4 is 9.21 Å². The molecule has 0 radical (unpaired) electrons. The maximum absolute atomic E-state index is 13.6. The first-order chi connectivity index (χ1) is 14.6. The van der Waals surface area contributed by atoms with Crippen molar-refractivity contribution < 1.29 is 17.6 Å². The van der Waals surface area contributed by atoms with E-state index in [0.717, 1.165) is 17.3 Å². The van der Waals surface area contributed by atoms with Gasteiger partial charge in [0.2, 0.25) is 0 Å². The fourth-order valence-electron chi connectivity index (χ4n) is 4.02. The highest BCUT2D eigenvalue weighted by molar-refractivity contribution is 7.92. The first-order valence-electron chi connectivity index (χ1n) is 9.60. The van der Waals surface area contributed by atoms with Crippen molar-refractivity contribution in [2.75, 3.05) is 41.9 Å². The molecule has 1 amide bonds. The number of piperazine rings is 1. The Hall–Kier alpha value is -1.74. The Morgan fingerprint density at radius 3 is 2.23 bits per heavy atom. The number of rotatable bonds is 3. The van der Waals surface area contributed by atoms with E-state index in [4.69, 9.17) is 34.8 Å². The van der Waals surface area contributed by atoms with E-state index in [2.05, 4.69) is 4.90 Å². The first kappa shape index (κ1) is 22.5. The maximum atomic E-state index is 13.6. The molecule has 0 aliphatic carbocycles. The Labute approximate surface area is 195 Å². The van der Waals surface area contributed by atoms with Crippen molar-refractivity contribution in [3.05, 3.63) is 53.8 Å². The van der Waals surface area contributed by atoms with Gasteiger partial charge in [0.25, 0.3) is 19.7 Å². The Morgan fingerprint density at radius 1 is 0.935 bits per heavy atom. The van der Waals surface area contributed by atoms with Crippen LogP contribution in [0, 0.1) is 5.82 Å². The Bertz CT molecular complexity index is 1120. The highest BCUT2D eigenvalue weighted by Crippen LogP contribution is 2.39. The van der Waals surface area contributed by atoms with Crippen LogP contribution in [0.3, 0.4) is 0 Å². The van der Waals surface area contributed by atoms with Gasteiger partial charge in [-0.25, -0.2) is 12.8 Å². The van der Waals surface area contributed by atoms with Gasteiger partial charge in [0.05, 0.1) is 10.6 Å². The van der Waals surface area contributed by atoms with E-state index in [-0.39, 0.29) is 11.4 Å². The summed E-state index contributed by atoms with van der Waals surface area (Å²) in [7, 11) is -3.88. The molecule has 0 saturated carbocycles. The number of amides is 1. The number of nitrogens with zero attached hydrogens (tertiary/aromatic N) is 3. The van der Waals surface area contributed by atoms with Crippen molar-refractivity contribution in [1.82, 2.24) is 4.90 Å². The van der Waals surface area contributed by atoms with Crippen LogP contribution in [0.25, 0.3) is 0 Å². The van der Waals surface area contributed by atoms with Crippen molar-refractivity contribution in [3.8, 4) is 0 Å². The van der Waals surface area contributed by atoms with E-state index in [1.54, 1.807) is 12.1 Å². The molecule has 2 aliphatic heterocycles. The van der Waals surface area contributed by atoms with Crippen LogP contribution >= 0.6 is 34.8 Å². The SMILES string of the molecule is O=C(N1CCN(c2cccc3c2CCN3S(=O)(=O)c2cccc(F)c2)CC1)C(Cl)(Cl)Cl.